The largest absolute Gasteiger partial charge is 0.338 e. The lowest BCUT2D eigenvalue weighted by Gasteiger charge is -2.24. The normalized spacial score (nSPS) is 18.9. The van der Waals surface area contributed by atoms with E-state index in [1.54, 1.807) is 13.0 Å². The molecule has 0 bridgehead atoms. The summed E-state index contributed by atoms with van der Waals surface area (Å²) in [5, 5.41) is 9.08. The Morgan fingerprint density at radius 1 is 1.11 bits per heavy atom. The summed E-state index contributed by atoms with van der Waals surface area (Å²) in [5.74, 6) is -1.28. The van der Waals surface area contributed by atoms with E-state index in [1.165, 1.54) is 0 Å². The van der Waals surface area contributed by atoms with E-state index in [-0.39, 0.29) is 0 Å². The molecule has 1 saturated heterocycles. The van der Waals surface area contributed by atoms with E-state index in [4.69, 9.17) is 0 Å². The lowest BCUT2D eigenvalue weighted by molar-refractivity contribution is -0.134. The Kier molecular flexibility index (Phi) is 5.30. The van der Waals surface area contributed by atoms with Crippen molar-refractivity contribution >= 4 is 34.6 Å². The standard InChI is InChI=1S/C20H22N4O4/c1-3-11-21-18(27)22-16(25)12-24-17(26)20(2,23-19(24)28)15-10-6-8-13-7-4-5-9-14(13)15/h4-10H,3,11-12H2,1-2H3,(H,23,28)(H2,21,22,25,27). The lowest BCUT2D eigenvalue weighted by Crippen LogP contribution is -2.47. The molecule has 1 fully saturated rings. The summed E-state index contributed by atoms with van der Waals surface area (Å²) in [6.07, 6.45) is 0.720. The summed E-state index contributed by atoms with van der Waals surface area (Å²) in [6.45, 7) is 3.37. The van der Waals surface area contributed by atoms with Gasteiger partial charge < -0.3 is 10.6 Å². The molecule has 1 aliphatic rings. The van der Waals surface area contributed by atoms with Gasteiger partial charge in [0.1, 0.15) is 12.1 Å². The van der Waals surface area contributed by atoms with Gasteiger partial charge in [0.05, 0.1) is 0 Å². The first-order chi connectivity index (χ1) is 13.4. The predicted molar refractivity (Wildman–Crippen MR) is 103 cm³/mol. The number of nitrogens with zero attached hydrogens (tertiary/aromatic N) is 1. The quantitative estimate of drug-likeness (QED) is 0.686. The molecule has 3 N–H and O–H groups in total. The predicted octanol–water partition coefficient (Wildman–Crippen LogP) is 1.84. The van der Waals surface area contributed by atoms with Crippen molar-refractivity contribution < 1.29 is 19.2 Å². The van der Waals surface area contributed by atoms with Crippen LogP contribution in [-0.2, 0) is 15.1 Å². The maximum atomic E-state index is 13.0. The van der Waals surface area contributed by atoms with Crippen molar-refractivity contribution in [1.82, 2.24) is 20.9 Å². The van der Waals surface area contributed by atoms with Gasteiger partial charge in [0.25, 0.3) is 5.91 Å². The molecule has 28 heavy (non-hydrogen) atoms. The highest BCUT2D eigenvalue weighted by Crippen LogP contribution is 2.33. The second-order valence-corrected chi connectivity index (χ2v) is 6.78. The summed E-state index contributed by atoms with van der Waals surface area (Å²) in [5.41, 5.74) is -0.657. The van der Waals surface area contributed by atoms with Crippen LogP contribution in [0.25, 0.3) is 10.8 Å². The molecule has 8 heteroatoms. The van der Waals surface area contributed by atoms with Crippen molar-refractivity contribution in [2.24, 2.45) is 0 Å². The van der Waals surface area contributed by atoms with Gasteiger partial charge in [-0.2, -0.15) is 0 Å². The molecular formula is C20H22N4O4. The number of carbonyl (C=O) groups excluding carboxylic acids is 4. The van der Waals surface area contributed by atoms with Crippen LogP contribution in [0.4, 0.5) is 9.59 Å². The van der Waals surface area contributed by atoms with Crippen molar-refractivity contribution in [3.8, 4) is 0 Å². The number of fused-ring (bicyclic) bond motifs is 1. The Morgan fingerprint density at radius 2 is 1.82 bits per heavy atom. The number of imide groups is 2. The number of amides is 6. The van der Waals surface area contributed by atoms with Crippen LogP contribution >= 0.6 is 0 Å². The SMILES string of the molecule is CCCNC(=O)NC(=O)CN1C(=O)NC(C)(c2cccc3ccccc23)C1=O. The zero-order valence-electron chi connectivity index (χ0n) is 15.7. The van der Waals surface area contributed by atoms with E-state index >= 15 is 0 Å². The molecule has 6 amide bonds. The zero-order chi connectivity index (χ0) is 20.3. The van der Waals surface area contributed by atoms with Gasteiger partial charge in [-0.05, 0) is 29.7 Å². The Hall–Kier alpha value is -3.42. The van der Waals surface area contributed by atoms with Gasteiger partial charge in [0, 0.05) is 6.54 Å². The molecule has 0 aromatic heterocycles. The van der Waals surface area contributed by atoms with Gasteiger partial charge in [0.2, 0.25) is 5.91 Å². The van der Waals surface area contributed by atoms with Crippen molar-refractivity contribution in [3.05, 3.63) is 48.0 Å². The van der Waals surface area contributed by atoms with Gasteiger partial charge in [-0.3, -0.25) is 19.8 Å². The Morgan fingerprint density at radius 3 is 2.57 bits per heavy atom. The molecule has 8 nitrogen and oxygen atoms in total. The molecule has 1 atom stereocenters. The molecule has 146 valence electrons. The molecule has 0 aliphatic carbocycles. The number of carbonyl (C=O) groups is 4. The van der Waals surface area contributed by atoms with E-state index in [2.05, 4.69) is 16.0 Å². The number of nitrogens with one attached hydrogen (secondary N) is 3. The first kappa shape index (κ1) is 19.3. The average Bonchev–Trinajstić information content (AvgIpc) is 2.89. The minimum Gasteiger partial charge on any atom is -0.338 e. The summed E-state index contributed by atoms with van der Waals surface area (Å²) < 4.78 is 0. The van der Waals surface area contributed by atoms with Crippen molar-refractivity contribution in [2.75, 3.05) is 13.1 Å². The third-order valence-electron chi connectivity index (χ3n) is 4.69. The fraction of sp³-hybridized carbons (Fsp3) is 0.300. The van der Waals surface area contributed by atoms with Gasteiger partial charge >= 0.3 is 12.1 Å². The fourth-order valence-electron chi connectivity index (χ4n) is 3.28. The van der Waals surface area contributed by atoms with E-state index in [1.807, 2.05) is 43.3 Å². The highest BCUT2D eigenvalue weighted by molar-refractivity contribution is 6.11. The number of rotatable bonds is 5. The van der Waals surface area contributed by atoms with E-state index in [0.717, 1.165) is 22.1 Å². The van der Waals surface area contributed by atoms with E-state index in [0.29, 0.717) is 12.1 Å². The molecule has 2 aromatic carbocycles. The summed E-state index contributed by atoms with van der Waals surface area (Å²) in [7, 11) is 0. The lowest BCUT2D eigenvalue weighted by atomic mass is 9.88. The average molecular weight is 382 g/mol. The second-order valence-electron chi connectivity index (χ2n) is 6.78. The van der Waals surface area contributed by atoms with Crippen LogP contribution in [-0.4, -0.2) is 41.9 Å². The van der Waals surface area contributed by atoms with Gasteiger partial charge in [-0.1, -0.05) is 49.4 Å². The minimum atomic E-state index is -1.30. The van der Waals surface area contributed by atoms with Crippen LogP contribution < -0.4 is 16.0 Å². The number of hydrogen-bond acceptors (Lipinski definition) is 4. The number of benzene rings is 2. The van der Waals surface area contributed by atoms with Crippen molar-refractivity contribution in [1.29, 1.82) is 0 Å². The Labute approximate surface area is 162 Å². The molecule has 0 radical (unpaired) electrons. The molecule has 2 aromatic rings. The zero-order valence-corrected chi connectivity index (χ0v) is 15.7. The maximum Gasteiger partial charge on any atom is 0.325 e. The third kappa shape index (κ3) is 3.53. The molecule has 3 rings (SSSR count). The molecule has 1 aliphatic heterocycles. The smallest absolute Gasteiger partial charge is 0.325 e. The topological polar surface area (TPSA) is 108 Å². The monoisotopic (exact) mass is 382 g/mol. The first-order valence-corrected chi connectivity index (χ1v) is 9.07. The van der Waals surface area contributed by atoms with Crippen LogP contribution in [0.2, 0.25) is 0 Å². The maximum absolute atomic E-state index is 13.0. The highest BCUT2D eigenvalue weighted by atomic mass is 16.2. The minimum absolute atomic E-state index is 0.418. The molecule has 0 spiro atoms. The van der Waals surface area contributed by atoms with Crippen molar-refractivity contribution in [3.63, 3.8) is 0 Å². The Bertz CT molecular complexity index is 953. The van der Waals surface area contributed by atoms with Crippen LogP contribution in [0.3, 0.4) is 0 Å². The third-order valence-corrected chi connectivity index (χ3v) is 4.69. The van der Waals surface area contributed by atoms with E-state index < -0.39 is 36.0 Å². The first-order valence-electron chi connectivity index (χ1n) is 9.07. The summed E-state index contributed by atoms with van der Waals surface area (Å²) in [4.78, 5) is 50.0. The van der Waals surface area contributed by atoms with Crippen LogP contribution in [0.1, 0.15) is 25.8 Å². The van der Waals surface area contributed by atoms with Crippen LogP contribution in [0.5, 0.6) is 0 Å². The van der Waals surface area contributed by atoms with Gasteiger partial charge in [-0.25, -0.2) is 9.59 Å². The molecule has 0 saturated carbocycles. The highest BCUT2D eigenvalue weighted by Gasteiger charge is 2.50. The fourth-order valence-corrected chi connectivity index (χ4v) is 3.28. The van der Waals surface area contributed by atoms with Crippen LogP contribution in [0, 0.1) is 0 Å². The van der Waals surface area contributed by atoms with Crippen LogP contribution in [0.15, 0.2) is 42.5 Å². The molecule has 1 unspecified atom stereocenters. The summed E-state index contributed by atoms with van der Waals surface area (Å²) >= 11 is 0. The molecular weight excluding hydrogens is 360 g/mol. The second kappa shape index (κ2) is 7.67. The Balaban J connectivity index is 1.81. The number of urea groups is 2. The number of hydrogen-bond donors (Lipinski definition) is 3. The summed E-state index contributed by atoms with van der Waals surface area (Å²) in [6, 6.07) is 11.7. The van der Waals surface area contributed by atoms with E-state index in [9.17, 15) is 19.2 Å². The van der Waals surface area contributed by atoms with Gasteiger partial charge in [0.15, 0.2) is 0 Å². The molecule has 1 heterocycles. The van der Waals surface area contributed by atoms with Gasteiger partial charge in [-0.15, -0.1) is 0 Å². The van der Waals surface area contributed by atoms with Crippen molar-refractivity contribution in [2.45, 2.75) is 25.8 Å².